The summed E-state index contributed by atoms with van der Waals surface area (Å²) in [6.07, 6.45) is 3.65. The van der Waals surface area contributed by atoms with Gasteiger partial charge in [-0.3, -0.25) is 0 Å². The van der Waals surface area contributed by atoms with Gasteiger partial charge in [0.25, 0.3) is 0 Å². The molecule has 0 saturated heterocycles. The minimum Gasteiger partial charge on any atom is -0.488 e. The highest BCUT2D eigenvalue weighted by molar-refractivity contribution is 6.34. The van der Waals surface area contributed by atoms with Gasteiger partial charge in [-0.15, -0.1) is 0 Å². The highest BCUT2D eigenvalue weighted by atomic mass is 35.5. The first-order chi connectivity index (χ1) is 6.74. The molecule has 0 radical (unpaired) electrons. The van der Waals surface area contributed by atoms with Gasteiger partial charge in [0.2, 0.25) is 0 Å². The van der Waals surface area contributed by atoms with Gasteiger partial charge < -0.3 is 10.5 Å². The lowest BCUT2D eigenvalue weighted by Crippen LogP contribution is -1.97. The summed E-state index contributed by atoms with van der Waals surface area (Å²) in [4.78, 5) is 0. The van der Waals surface area contributed by atoms with Gasteiger partial charge in [0.05, 0.1) is 5.02 Å². The third kappa shape index (κ3) is 3.58. The third-order valence-corrected chi connectivity index (χ3v) is 2.08. The van der Waals surface area contributed by atoms with Crippen LogP contribution in [-0.4, -0.2) is 13.2 Å². The van der Waals surface area contributed by atoms with E-state index in [-0.39, 0.29) is 0 Å². The lowest BCUT2D eigenvalue weighted by molar-refractivity contribution is 0.363. The Hall–Kier alpha value is -0.700. The van der Waals surface area contributed by atoms with Gasteiger partial charge in [-0.1, -0.05) is 35.4 Å². The minimum absolute atomic E-state index is 0.442. The molecule has 2 nitrogen and oxygen atoms in total. The molecule has 1 rings (SSSR count). The van der Waals surface area contributed by atoms with Gasteiger partial charge in [0.15, 0.2) is 0 Å². The molecule has 0 bridgehead atoms. The lowest BCUT2D eigenvalue weighted by atomic mass is 10.3. The SMILES string of the molecule is NC/C=C/COc1cc(Cl)ccc1Cl. The van der Waals surface area contributed by atoms with Crippen LogP contribution in [0.15, 0.2) is 30.4 Å². The van der Waals surface area contributed by atoms with E-state index >= 15 is 0 Å². The molecule has 0 aliphatic carbocycles. The Morgan fingerprint density at radius 3 is 2.79 bits per heavy atom. The first-order valence-corrected chi connectivity index (χ1v) is 4.92. The fourth-order valence-electron chi connectivity index (χ4n) is 0.890. The highest BCUT2D eigenvalue weighted by Gasteiger charge is 2.00. The Labute approximate surface area is 93.3 Å². The van der Waals surface area contributed by atoms with Gasteiger partial charge in [0, 0.05) is 17.6 Å². The van der Waals surface area contributed by atoms with Crippen LogP contribution in [0.2, 0.25) is 10.0 Å². The van der Waals surface area contributed by atoms with Crippen molar-refractivity contribution in [3.63, 3.8) is 0 Å². The van der Waals surface area contributed by atoms with E-state index in [0.29, 0.717) is 28.9 Å². The number of rotatable bonds is 4. The highest BCUT2D eigenvalue weighted by Crippen LogP contribution is 2.27. The van der Waals surface area contributed by atoms with Crippen molar-refractivity contribution < 1.29 is 4.74 Å². The second-order valence-electron chi connectivity index (χ2n) is 2.59. The molecule has 0 amide bonds. The maximum absolute atomic E-state index is 5.88. The number of nitrogens with two attached hydrogens (primary N) is 1. The lowest BCUT2D eigenvalue weighted by Gasteiger charge is -2.05. The van der Waals surface area contributed by atoms with Crippen LogP contribution in [0.1, 0.15) is 0 Å². The van der Waals surface area contributed by atoms with Crippen LogP contribution in [0, 0.1) is 0 Å². The molecule has 0 heterocycles. The fourth-order valence-corrected chi connectivity index (χ4v) is 1.22. The van der Waals surface area contributed by atoms with Gasteiger partial charge >= 0.3 is 0 Å². The van der Waals surface area contributed by atoms with Crippen molar-refractivity contribution in [2.24, 2.45) is 5.73 Å². The second-order valence-corrected chi connectivity index (χ2v) is 3.44. The largest absolute Gasteiger partial charge is 0.488 e. The zero-order chi connectivity index (χ0) is 10.4. The van der Waals surface area contributed by atoms with Gasteiger partial charge in [-0.2, -0.15) is 0 Å². The monoisotopic (exact) mass is 231 g/mol. The summed E-state index contributed by atoms with van der Waals surface area (Å²) in [5.41, 5.74) is 5.27. The number of ether oxygens (including phenoxy) is 1. The molecule has 76 valence electrons. The van der Waals surface area contributed by atoms with E-state index in [0.717, 1.165) is 0 Å². The van der Waals surface area contributed by atoms with Crippen LogP contribution in [0.4, 0.5) is 0 Å². The number of hydrogen-bond donors (Lipinski definition) is 1. The van der Waals surface area contributed by atoms with Crippen molar-refractivity contribution in [3.05, 3.63) is 40.4 Å². The van der Waals surface area contributed by atoms with E-state index in [1.165, 1.54) is 0 Å². The van der Waals surface area contributed by atoms with Crippen molar-refractivity contribution in [3.8, 4) is 5.75 Å². The molecule has 0 saturated carbocycles. The minimum atomic E-state index is 0.442. The molecule has 1 aromatic rings. The average molecular weight is 232 g/mol. The standard InChI is InChI=1S/C10H11Cl2NO/c11-8-3-4-9(12)10(7-8)14-6-2-1-5-13/h1-4,7H,5-6,13H2/b2-1+. The van der Waals surface area contributed by atoms with Crippen LogP contribution >= 0.6 is 23.2 Å². The zero-order valence-electron chi connectivity index (χ0n) is 7.54. The maximum atomic E-state index is 5.88. The van der Waals surface area contributed by atoms with Crippen LogP contribution < -0.4 is 10.5 Å². The van der Waals surface area contributed by atoms with Crippen LogP contribution in [-0.2, 0) is 0 Å². The number of halogens is 2. The first kappa shape index (κ1) is 11.4. The van der Waals surface area contributed by atoms with Crippen molar-refractivity contribution in [2.45, 2.75) is 0 Å². The molecule has 4 heteroatoms. The predicted octanol–water partition coefficient (Wildman–Crippen LogP) is 2.89. The van der Waals surface area contributed by atoms with Gasteiger partial charge in [0.1, 0.15) is 12.4 Å². The summed E-state index contributed by atoms with van der Waals surface area (Å²) < 4.78 is 5.36. The number of hydrogen-bond acceptors (Lipinski definition) is 2. The third-order valence-electron chi connectivity index (χ3n) is 1.53. The molecule has 0 atom stereocenters. The van der Waals surface area contributed by atoms with Crippen molar-refractivity contribution >= 4 is 23.2 Å². The maximum Gasteiger partial charge on any atom is 0.139 e. The Balaban J connectivity index is 2.57. The van der Waals surface area contributed by atoms with E-state index in [2.05, 4.69) is 0 Å². The molecular formula is C10H11Cl2NO. The Bertz CT molecular complexity index is 326. The molecule has 14 heavy (non-hydrogen) atoms. The summed E-state index contributed by atoms with van der Waals surface area (Å²) >= 11 is 11.7. The average Bonchev–Trinajstić information content (AvgIpc) is 2.18. The van der Waals surface area contributed by atoms with Crippen molar-refractivity contribution in [2.75, 3.05) is 13.2 Å². The number of benzene rings is 1. The Morgan fingerprint density at radius 2 is 2.07 bits per heavy atom. The topological polar surface area (TPSA) is 35.2 Å². The summed E-state index contributed by atoms with van der Waals surface area (Å²) in [6.45, 7) is 0.948. The van der Waals surface area contributed by atoms with Gasteiger partial charge in [-0.25, -0.2) is 0 Å². The molecular weight excluding hydrogens is 221 g/mol. The molecule has 0 aliphatic heterocycles. The molecule has 0 aliphatic rings. The van der Waals surface area contributed by atoms with Gasteiger partial charge in [-0.05, 0) is 12.1 Å². The normalized spacial score (nSPS) is 10.8. The van der Waals surface area contributed by atoms with E-state index < -0.39 is 0 Å². The van der Waals surface area contributed by atoms with E-state index in [1.54, 1.807) is 18.2 Å². The quantitative estimate of drug-likeness (QED) is 0.810. The molecule has 0 spiro atoms. The summed E-state index contributed by atoms with van der Waals surface area (Å²) in [5.74, 6) is 0.584. The van der Waals surface area contributed by atoms with Crippen LogP contribution in [0.5, 0.6) is 5.75 Å². The summed E-state index contributed by atoms with van der Waals surface area (Å²) in [5, 5.41) is 1.16. The Kier molecular flexibility index (Phi) is 4.80. The van der Waals surface area contributed by atoms with E-state index in [4.69, 9.17) is 33.7 Å². The van der Waals surface area contributed by atoms with Crippen LogP contribution in [0.25, 0.3) is 0 Å². The summed E-state index contributed by atoms with van der Waals surface area (Å²) in [6, 6.07) is 5.10. The zero-order valence-corrected chi connectivity index (χ0v) is 9.05. The van der Waals surface area contributed by atoms with Crippen molar-refractivity contribution in [1.29, 1.82) is 0 Å². The molecule has 2 N–H and O–H groups in total. The van der Waals surface area contributed by atoms with E-state index in [1.807, 2.05) is 12.2 Å². The molecule has 0 fully saturated rings. The van der Waals surface area contributed by atoms with Crippen LogP contribution in [0.3, 0.4) is 0 Å². The fraction of sp³-hybridized carbons (Fsp3) is 0.200. The Morgan fingerprint density at radius 1 is 1.29 bits per heavy atom. The summed E-state index contributed by atoms with van der Waals surface area (Å²) in [7, 11) is 0. The first-order valence-electron chi connectivity index (χ1n) is 4.17. The predicted molar refractivity (Wildman–Crippen MR) is 60.2 cm³/mol. The molecule has 0 unspecified atom stereocenters. The molecule has 0 aromatic heterocycles. The smallest absolute Gasteiger partial charge is 0.139 e. The second kappa shape index (κ2) is 5.91. The molecule has 1 aromatic carbocycles. The van der Waals surface area contributed by atoms with Crippen molar-refractivity contribution in [1.82, 2.24) is 0 Å². The van der Waals surface area contributed by atoms with E-state index in [9.17, 15) is 0 Å².